The van der Waals surface area contributed by atoms with Gasteiger partial charge in [-0.05, 0) is 48.4 Å². The second-order valence-electron chi connectivity index (χ2n) is 8.23. The molecule has 0 saturated carbocycles. The number of hydrogen-bond donors (Lipinski definition) is 1. The number of nitrogens with zero attached hydrogens (tertiary/aromatic N) is 2. The summed E-state index contributed by atoms with van der Waals surface area (Å²) >= 11 is 12.9. The molecule has 0 aliphatic carbocycles. The van der Waals surface area contributed by atoms with E-state index in [1.54, 1.807) is 30.7 Å². The maximum absolute atomic E-state index is 13.3. The molecule has 5 nitrogen and oxygen atoms in total. The molecule has 1 saturated heterocycles. The van der Waals surface area contributed by atoms with Crippen molar-refractivity contribution >= 4 is 46.0 Å². The van der Waals surface area contributed by atoms with Gasteiger partial charge in [-0.3, -0.25) is 9.59 Å². The zero-order valence-electron chi connectivity index (χ0n) is 17.6. The fraction of sp³-hybridized carbons (Fsp3) is 0.304. The Hall–Kier alpha value is -2.71. The van der Waals surface area contributed by atoms with Crippen LogP contribution < -0.4 is 0 Å². The Balaban J connectivity index is 1.69. The molecular weight excluding hydrogens is 480 g/mol. The quantitative estimate of drug-likeness (QED) is 0.512. The Bertz CT molecular complexity index is 1290. The summed E-state index contributed by atoms with van der Waals surface area (Å²) in [6, 6.07) is 7.05. The second-order valence-corrected chi connectivity index (χ2v) is 9.01. The van der Waals surface area contributed by atoms with Crippen molar-refractivity contribution in [2.75, 3.05) is 13.1 Å². The van der Waals surface area contributed by atoms with Crippen LogP contribution in [0.2, 0.25) is 10.0 Å². The van der Waals surface area contributed by atoms with Gasteiger partial charge >= 0.3 is 12.1 Å². The molecule has 1 aliphatic heterocycles. The lowest BCUT2D eigenvalue weighted by Gasteiger charge is -2.36. The summed E-state index contributed by atoms with van der Waals surface area (Å²) in [5.74, 6) is -1.94. The van der Waals surface area contributed by atoms with Gasteiger partial charge in [0.15, 0.2) is 0 Å². The van der Waals surface area contributed by atoms with Crippen molar-refractivity contribution in [3.8, 4) is 0 Å². The van der Waals surface area contributed by atoms with Crippen molar-refractivity contribution < 1.29 is 27.9 Å². The highest BCUT2D eigenvalue weighted by atomic mass is 35.5. The molecule has 1 amide bonds. The Morgan fingerprint density at radius 3 is 2.42 bits per heavy atom. The number of likely N-dealkylation sites (tertiary alicyclic amines) is 1. The van der Waals surface area contributed by atoms with E-state index < -0.39 is 29.5 Å². The Kier molecular flexibility index (Phi) is 5.87. The van der Waals surface area contributed by atoms with Crippen LogP contribution in [0.4, 0.5) is 13.2 Å². The number of carbonyl (C=O) groups excluding carboxylic acids is 1. The fourth-order valence-corrected chi connectivity index (χ4v) is 4.66. The third-order valence-corrected chi connectivity index (χ3v) is 6.87. The molecule has 0 bridgehead atoms. The molecule has 174 valence electrons. The number of aromatic nitrogens is 1. The Labute approximate surface area is 197 Å². The van der Waals surface area contributed by atoms with Gasteiger partial charge in [0.05, 0.1) is 22.1 Å². The van der Waals surface area contributed by atoms with E-state index in [0.29, 0.717) is 32.7 Å². The monoisotopic (exact) mass is 498 g/mol. The summed E-state index contributed by atoms with van der Waals surface area (Å²) in [6.07, 6.45) is -4.26. The summed E-state index contributed by atoms with van der Waals surface area (Å²) in [5, 5.41) is 10.2. The lowest BCUT2D eigenvalue weighted by Crippen LogP contribution is -2.53. The summed E-state index contributed by atoms with van der Waals surface area (Å²) < 4.78 is 41.4. The van der Waals surface area contributed by atoms with Gasteiger partial charge in [-0.2, -0.15) is 13.2 Å². The van der Waals surface area contributed by atoms with Crippen LogP contribution in [0.25, 0.3) is 10.9 Å². The Morgan fingerprint density at radius 2 is 1.82 bits per heavy atom. The van der Waals surface area contributed by atoms with Gasteiger partial charge in [0.1, 0.15) is 0 Å². The maximum atomic E-state index is 13.3. The molecule has 1 aromatic heterocycles. The van der Waals surface area contributed by atoms with E-state index in [1.807, 2.05) is 0 Å². The summed E-state index contributed by atoms with van der Waals surface area (Å²) in [7, 11) is 1.67. The van der Waals surface area contributed by atoms with Crippen LogP contribution in [0.5, 0.6) is 0 Å². The van der Waals surface area contributed by atoms with Crippen LogP contribution in [0.1, 0.15) is 32.7 Å². The highest BCUT2D eigenvalue weighted by Gasteiger charge is 2.37. The first-order valence-corrected chi connectivity index (χ1v) is 10.8. The minimum absolute atomic E-state index is 0.104. The molecule has 33 heavy (non-hydrogen) atoms. The molecule has 1 aliphatic rings. The van der Waals surface area contributed by atoms with E-state index >= 15 is 0 Å². The molecule has 3 aromatic rings. The number of carboxylic acid groups (broad SMARTS) is 1. The van der Waals surface area contributed by atoms with Crippen molar-refractivity contribution in [1.82, 2.24) is 9.47 Å². The molecule has 0 spiro atoms. The number of halogens is 5. The third kappa shape index (κ3) is 4.17. The van der Waals surface area contributed by atoms with Crippen molar-refractivity contribution in [3.63, 3.8) is 0 Å². The van der Waals surface area contributed by atoms with Gasteiger partial charge in [-0.15, -0.1) is 0 Å². The van der Waals surface area contributed by atoms with Gasteiger partial charge in [0.25, 0.3) is 5.91 Å². The third-order valence-electron chi connectivity index (χ3n) is 6.09. The summed E-state index contributed by atoms with van der Waals surface area (Å²) in [4.78, 5) is 25.2. The number of amides is 1. The van der Waals surface area contributed by atoms with E-state index in [4.69, 9.17) is 28.3 Å². The first-order valence-electron chi connectivity index (χ1n) is 10.0. The predicted molar refractivity (Wildman–Crippen MR) is 119 cm³/mol. The van der Waals surface area contributed by atoms with Crippen LogP contribution in [-0.4, -0.2) is 39.5 Å². The lowest BCUT2D eigenvalue weighted by molar-refractivity contribution is -0.146. The van der Waals surface area contributed by atoms with E-state index in [-0.39, 0.29) is 30.1 Å². The first-order chi connectivity index (χ1) is 15.4. The van der Waals surface area contributed by atoms with Gasteiger partial charge < -0.3 is 14.6 Å². The van der Waals surface area contributed by atoms with Crippen LogP contribution in [-0.2, 0) is 24.4 Å². The minimum atomic E-state index is -4.46. The molecule has 0 unspecified atom stereocenters. The van der Waals surface area contributed by atoms with Gasteiger partial charge in [-0.1, -0.05) is 23.2 Å². The number of carboxylic acids is 1. The normalized spacial score (nSPS) is 14.6. The molecule has 1 fully saturated rings. The number of fused-ring (bicyclic) bond motifs is 1. The standard InChI is InChI=1S/C23H19Cl2F3N2O3/c1-11-5-13(23(26,27)28)6-19-16(11)7-14(29(19)2)8-17-18(24)4-3-15(20(17)25)21(31)30-9-12(10-30)22(32)33/h3-7,12H,8-10H2,1-2H3,(H,32,33). The fourth-order valence-electron chi connectivity index (χ4n) is 4.07. The van der Waals surface area contributed by atoms with Crippen molar-refractivity contribution in [3.05, 3.63) is 68.3 Å². The van der Waals surface area contributed by atoms with Crippen LogP contribution in [0, 0.1) is 12.8 Å². The Morgan fingerprint density at radius 1 is 1.15 bits per heavy atom. The number of aryl methyl sites for hydroxylation is 2. The van der Waals surface area contributed by atoms with Gasteiger partial charge in [0, 0.05) is 48.2 Å². The number of carbonyl (C=O) groups is 2. The summed E-state index contributed by atoms with van der Waals surface area (Å²) in [5.41, 5.74) is 1.55. The average Bonchev–Trinajstić information content (AvgIpc) is 2.99. The number of rotatable bonds is 4. The van der Waals surface area contributed by atoms with Crippen molar-refractivity contribution in [2.24, 2.45) is 13.0 Å². The molecule has 1 N–H and O–H groups in total. The minimum Gasteiger partial charge on any atom is -0.481 e. The van der Waals surface area contributed by atoms with E-state index in [0.717, 1.165) is 12.1 Å². The largest absolute Gasteiger partial charge is 0.481 e. The van der Waals surface area contributed by atoms with E-state index in [1.165, 1.54) is 11.0 Å². The molecule has 4 rings (SSSR count). The average molecular weight is 499 g/mol. The van der Waals surface area contributed by atoms with Crippen LogP contribution in [0.15, 0.2) is 30.3 Å². The SMILES string of the molecule is Cc1cc(C(F)(F)F)cc2c1cc(Cc1c(Cl)ccc(C(=O)N3CC(C(=O)O)C3)c1Cl)n2C. The smallest absolute Gasteiger partial charge is 0.416 e. The number of aliphatic carboxylic acids is 1. The molecular formula is C23H19Cl2F3N2O3. The summed E-state index contributed by atoms with van der Waals surface area (Å²) in [6.45, 7) is 1.83. The number of alkyl halides is 3. The van der Waals surface area contributed by atoms with Gasteiger partial charge in [-0.25, -0.2) is 0 Å². The van der Waals surface area contributed by atoms with E-state index in [9.17, 15) is 22.8 Å². The highest BCUT2D eigenvalue weighted by molar-refractivity contribution is 6.38. The zero-order valence-corrected chi connectivity index (χ0v) is 19.1. The number of hydrogen-bond acceptors (Lipinski definition) is 2. The van der Waals surface area contributed by atoms with Crippen molar-refractivity contribution in [2.45, 2.75) is 19.5 Å². The first kappa shape index (κ1) is 23.4. The van der Waals surface area contributed by atoms with Crippen LogP contribution in [0.3, 0.4) is 0 Å². The van der Waals surface area contributed by atoms with Crippen molar-refractivity contribution in [1.29, 1.82) is 0 Å². The van der Waals surface area contributed by atoms with E-state index in [2.05, 4.69) is 0 Å². The zero-order chi connectivity index (χ0) is 24.2. The van der Waals surface area contributed by atoms with Gasteiger partial charge in [0.2, 0.25) is 0 Å². The molecule has 0 radical (unpaired) electrons. The second kappa shape index (κ2) is 8.25. The maximum Gasteiger partial charge on any atom is 0.416 e. The molecule has 2 heterocycles. The van der Waals surface area contributed by atoms with Crippen LogP contribution >= 0.6 is 23.2 Å². The molecule has 2 aromatic carbocycles. The topological polar surface area (TPSA) is 62.5 Å². The highest BCUT2D eigenvalue weighted by Crippen LogP contribution is 2.36. The molecule has 10 heteroatoms. The lowest BCUT2D eigenvalue weighted by atomic mass is 9.98. The molecule has 0 atom stereocenters. The number of benzene rings is 2. The predicted octanol–water partition coefficient (Wildman–Crippen LogP) is 5.56.